The Morgan fingerprint density at radius 1 is 1.50 bits per heavy atom. The first kappa shape index (κ1) is 10.1. The summed E-state index contributed by atoms with van der Waals surface area (Å²) in [6.45, 7) is 6.53. The monoisotopic (exact) mass is 168 g/mol. The van der Waals surface area contributed by atoms with Crippen LogP contribution in [0.4, 0.5) is 4.20 Å². The second-order valence-electron chi connectivity index (χ2n) is 3.11. The van der Waals surface area contributed by atoms with Gasteiger partial charge in [0.05, 0.1) is 11.8 Å². The minimum absolute atomic E-state index is 0.0513. The average Bonchev–Trinajstić information content (AvgIpc) is 1.60. The maximum Gasteiger partial charge on any atom is 0.367 e. The Morgan fingerprint density at radius 2 is 1.90 bits per heavy atom. The maximum absolute atomic E-state index is 12.6. The molecule has 0 N–H and O–H groups in total. The number of rotatable bonds is 2. The van der Waals surface area contributed by atoms with Crippen molar-refractivity contribution >= 4 is 7.68 Å². The summed E-state index contributed by atoms with van der Waals surface area (Å²) < 4.78 is 28.0. The summed E-state index contributed by atoms with van der Waals surface area (Å²) >= 11 is 0. The molecule has 10 heavy (non-hydrogen) atoms. The van der Waals surface area contributed by atoms with E-state index >= 15 is 0 Å². The third-order valence-electron chi connectivity index (χ3n) is 0.788. The van der Waals surface area contributed by atoms with Gasteiger partial charge in [-0.1, -0.05) is 6.92 Å². The first-order chi connectivity index (χ1) is 4.27. The molecule has 0 saturated heterocycles. The zero-order valence-corrected chi connectivity index (χ0v) is 7.74. The molecule has 0 aliphatic rings. The van der Waals surface area contributed by atoms with Crippen LogP contribution in [0, 0.1) is 0 Å². The van der Waals surface area contributed by atoms with Crippen LogP contribution in [-0.4, -0.2) is 11.8 Å². The molecule has 4 heteroatoms. The lowest BCUT2D eigenvalue weighted by Gasteiger charge is -2.20. The smallest absolute Gasteiger partial charge is 0.300 e. The molecular formula is C6H14FO2P. The van der Waals surface area contributed by atoms with Crippen LogP contribution in [0.5, 0.6) is 0 Å². The van der Waals surface area contributed by atoms with Crippen LogP contribution in [-0.2, 0) is 9.09 Å². The number of halogens is 1. The molecule has 0 radical (unpaired) electrons. The van der Waals surface area contributed by atoms with E-state index in [2.05, 4.69) is 4.52 Å². The van der Waals surface area contributed by atoms with Crippen LogP contribution in [0.15, 0.2) is 0 Å². The van der Waals surface area contributed by atoms with E-state index in [9.17, 15) is 8.76 Å². The highest BCUT2D eigenvalue weighted by Gasteiger charge is 2.26. The summed E-state index contributed by atoms with van der Waals surface area (Å²) in [4.78, 5) is 0. The lowest BCUT2D eigenvalue weighted by Crippen LogP contribution is -2.16. The van der Waals surface area contributed by atoms with Crippen LogP contribution in [0.1, 0.15) is 27.7 Å². The zero-order chi connectivity index (χ0) is 8.41. The molecule has 0 rings (SSSR count). The van der Waals surface area contributed by atoms with Gasteiger partial charge in [-0.05, 0) is 20.8 Å². The van der Waals surface area contributed by atoms with Crippen molar-refractivity contribution in [3.05, 3.63) is 0 Å². The summed E-state index contributed by atoms with van der Waals surface area (Å²) in [6, 6.07) is 0. The van der Waals surface area contributed by atoms with Crippen molar-refractivity contribution in [3.63, 3.8) is 0 Å². The van der Waals surface area contributed by atoms with E-state index in [0.717, 1.165) is 0 Å². The second kappa shape index (κ2) is 3.02. The molecular weight excluding hydrogens is 154 g/mol. The fraction of sp³-hybridized carbons (Fsp3) is 1.00. The summed E-state index contributed by atoms with van der Waals surface area (Å²) in [7, 11) is -3.79. The van der Waals surface area contributed by atoms with Crippen molar-refractivity contribution in [2.45, 2.75) is 33.3 Å². The highest BCUT2D eigenvalue weighted by atomic mass is 31.2. The van der Waals surface area contributed by atoms with Crippen LogP contribution >= 0.6 is 7.68 Å². The SMILES string of the molecule is CCP(=O)(F)OC(C)(C)C. The second-order valence-corrected chi connectivity index (χ2v) is 5.11. The Morgan fingerprint density at radius 3 is 2.00 bits per heavy atom. The quantitative estimate of drug-likeness (QED) is 0.592. The molecule has 0 spiro atoms. The van der Waals surface area contributed by atoms with E-state index in [0.29, 0.717) is 0 Å². The standard InChI is InChI=1S/C6H14FO2P/c1-5-10(7,8)9-6(2,3)4/h5H2,1-4H3. The van der Waals surface area contributed by atoms with E-state index in [4.69, 9.17) is 0 Å². The minimum atomic E-state index is -3.79. The van der Waals surface area contributed by atoms with Crippen LogP contribution in [0.3, 0.4) is 0 Å². The topological polar surface area (TPSA) is 26.3 Å². The van der Waals surface area contributed by atoms with Gasteiger partial charge < -0.3 is 0 Å². The molecule has 1 unspecified atom stereocenters. The highest BCUT2D eigenvalue weighted by Crippen LogP contribution is 2.51. The molecule has 0 saturated carbocycles. The molecule has 0 heterocycles. The van der Waals surface area contributed by atoms with E-state index in [1.807, 2.05) is 0 Å². The van der Waals surface area contributed by atoms with Gasteiger partial charge in [0.1, 0.15) is 0 Å². The fourth-order valence-electron chi connectivity index (χ4n) is 0.474. The van der Waals surface area contributed by atoms with Crippen molar-refractivity contribution in [2.24, 2.45) is 0 Å². The van der Waals surface area contributed by atoms with Gasteiger partial charge in [0.15, 0.2) is 0 Å². The maximum atomic E-state index is 12.6. The van der Waals surface area contributed by atoms with Crippen molar-refractivity contribution in [1.29, 1.82) is 0 Å². The van der Waals surface area contributed by atoms with Crippen LogP contribution in [0.2, 0.25) is 0 Å². The van der Waals surface area contributed by atoms with Crippen molar-refractivity contribution in [1.82, 2.24) is 0 Å². The molecule has 0 bridgehead atoms. The third-order valence-corrected chi connectivity index (χ3v) is 2.36. The van der Waals surface area contributed by atoms with Gasteiger partial charge in [0.2, 0.25) is 0 Å². The van der Waals surface area contributed by atoms with Crippen LogP contribution in [0.25, 0.3) is 0 Å². The summed E-state index contributed by atoms with van der Waals surface area (Å²) in [6.07, 6.45) is -0.0513. The molecule has 0 aliphatic heterocycles. The molecule has 0 aromatic heterocycles. The first-order valence-corrected chi connectivity index (χ1v) is 4.96. The van der Waals surface area contributed by atoms with E-state index in [1.165, 1.54) is 6.92 Å². The van der Waals surface area contributed by atoms with Gasteiger partial charge in [-0.25, -0.2) is 0 Å². The number of hydrogen-bond acceptors (Lipinski definition) is 2. The highest BCUT2D eigenvalue weighted by molar-refractivity contribution is 7.53. The van der Waals surface area contributed by atoms with Crippen LogP contribution < -0.4 is 0 Å². The summed E-state index contributed by atoms with van der Waals surface area (Å²) in [5, 5.41) is 0. The first-order valence-electron chi connectivity index (χ1n) is 3.26. The molecule has 0 amide bonds. The predicted molar refractivity (Wildman–Crippen MR) is 40.1 cm³/mol. The molecule has 0 aromatic carbocycles. The predicted octanol–water partition coefficient (Wildman–Crippen LogP) is 2.98. The zero-order valence-electron chi connectivity index (χ0n) is 6.85. The molecule has 62 valence electrons. The Bertz CT molecular complexity index is 150. The van der Waals surface area contributed by atoms with Gasteiger partial charge in [-0.2, -0.15) is 4.20 Å². The molecule has 0 aliphatic carbocycles. The summed E-state index contributed by atoms with van der Waals surface area (Å²) in [5.74, 6) is 0. The molecule has 0 aromatic rings. The molecule has 2 nitrogen and oxygen atoms in total. The minimum Gasteiger partial charge on any atom is -0.300 e. The Balaban J connectivity index is 4.03. The van der Waals surface area contributed by atoms with E-state index < -0.39 is 13.3 Å². The van der Waals surface area contributed by atoms with E-state index in [-0.39, 0.29) is 6.16 Å². The van der Waals surface area contributed by atoms with Crippen molar-refractivity contribution in [2.75, 3.05) is 6.16 Å². The van der Waals surface area contributed by atoms with E-state index in [1.54, 1.807) is 20.8 Å². The largest absolute Gasteiger partial charge is 0.367 e. The number of hydrogen-bond donors (Lipinski definition) is 0. The van der Waals surface area contributed by atoms with Gasteiger partial charge in [-0.3, -0.25) is 9.09 Å². The van der Waals surface area contributed by atoms with Gasteiger partial charge in [0.25, 0.3) is 0 Å². The Labute approximate surface area is 61.3 Å². The Kier molecular flexibility index (Phi) is 3.05. The lowest BCUT2D eigenvalue weighted by atomic mass is 10.2. The molecule has 0 fully saturated rings. The van der Waals surface area contributed by atoms with Gasteiger partial charge in [0, 0.05) is 0 Å². The lowest BCUT2D eigenvalue weighted by molar-refractivity contribution is 0.122. The summed E-state index contributed by atoms with van der Waals surface area (Å²) in [5.41, 5.74) is -0.652. The third kappa shape index (κ3) is 4.95. The normalized spacial score (nSPS) is 18.5. The van der Waals surface area contributed by atoms with Crippen molar-refractivity contribution < 1.29 is 13.3 Å². The van der Waals surface area contributed by atoms with Gasteiger partial charge >= 0.3 is 7.68 Å². The van der Waals surface area contributed by atoms with Crippen molar-refractivity contribution in [3.8, 4) is 0 Å². The Hall–Kier alpha value is 0.120. The average molecular weight is 168 g/mol. The molecule has 1 atom stereocenters. The van der Waals surface area contributed by atoms with Gasteiger partial charge in [-0.15, -0.1) is 0 Å². The fourth-order valence-corrected chi connectivity index (χ4v) is 1.42.